The first-order valence-corrected chi connectivity index (χ1v) is 7.01. The van der Waals surface area contributed by atoms with Crippen molar-refractivity contribution in [2.24, 2.45) is 17.8 Å². The molecule has 0 saturated carbocycles. The van der Waals surface area contributed by atoms with Crippen molar-refractivity contribution in [1.82, 2.24) is 10.2 Å². The number of hydrogen-bond donors (Lipinski definition) is 1. The minimum absolute atomic E-state index is 0.725. The Kier molecular flexibility index (Phi) is 5.77. The fourth-order valence-corrected chi connectivity index (χ4v) is 2.63. The van der Waals surface area contributed by atoms with Crippen LogP contribution in [-0.2, 0) is 0 Å². The molecule has 0 aromatic carbocycles. The van der Waals surface area contributed by atoms with Gasteiger partial charge in [0.05, 0.1) is 0 Å². The van der Waals surface area contributed by atoms with Gasteiger partial charge in [-0.3, -0.25) is 0 Å². The highest BCUT2D eigenvalue weighted by Gasteiger charge is 2.29. The zero-order valence-electron chi connectivity index (χ0n) is 11.8. The predicted molar refractivity (Wildman–Crippen MR) is 71.7 cm³/mol. The third-order valence-electron chi connectivity index (χ3n) is 4.31. The Balaban J connectivity index is 2.35. The van der Waals surface area contributed by atoms with Gasteiger partial charge in [0.25, 0.3) is 0 Å². The fraction of sp³-hybridized carbons (Fsp3) is 1.00. The van der Waals surface area contributed by atoms with Gasteiger partial charge in [-0.05, 0) is 50.7 Å². The Morgan fingerprint density at radius 2 is 1.94 bits per heavy atom. The van der Waals surface area contributed by atoms with Crippen LogP contribution in [0.2, 0.25) is 0 Å². The molecule has 0 aromatic heterocycles. The van der Waals surface area contributed by atoms with Crippen molar-refractivity contribution in [3.05, 3.63) is 0 Å². The zero-order valence-corrected chi connectivity index (χ0v) is 11.8. The molecule has 96 valence electrons. The molecular formula is C14H30N2. The Labute approximate surface area is 102 Å². The summed E-state index contributed by atoms with van der Waals surface area (Å²) < 4.78 is 0. The van der Waals surface area contributed by atoms with Crippen molar-refractivity contribution in [3.63, 3.8) is 0 Å². The molecule has 3 unspecified atom stereocenters. The van der Waals surface area contributed by atoms with Crippen molar-refractivity contribution in [1.29, 1.82) is 0 Å². The highest BCUT2D eigenvalue weighted by molar-refractivity contribution is 4.83. The normalized spacial score (nSPS) is 26.2. The molecule has 1 fully saturated rings. The third-order valence-corrected chi connectivity index (χ3v) is 4.31. The molecular weight excluding hydrogens is 196 g/mol. The molecule has 0 aromatic rings. The molecule has 1 N–H and O–H groups in total. The highest BCUT2D eigenvalue weighted by Crippen LogP contribution is 2.26. The summed E-state index contributed by atoms with van der Waals surface area (Å²) in [5, 5.41) is 3.46. The summed E-state index contributed by atoms with van der Waals surface area (Å²) in [4.78, 5) is 2.69. The molecule has 1 saturated heterocycles. The Bertz CT molecular complexity index is 191. The molecule has 0 spiro atoms. The highest BCUT2D eigenvalue weighted by atomic mass is 15.2. The van der Waals surface area contributed by atoms with Crippen LogP contribution in [0.5, 0.6) is 0 Å². The maximum atomic E-state index is 3.46. The van der Waals surface area contributed by atoms with Crippen LogP contribution < -0.4 is 5.32 Å². The standard InChI is InChI=1S/C14H30N2/c1-6-15-9-12(4)13(5)16-8-7-14(10-16)11(2)3/h11-15H,6-10H2,1-5H3. The molecule has 1 rings (SSSR count). The van der Waals surface area contributed by atoms with Gasteiger partial charge in [0.15, 0.2) is 0 Å². The maximum absolute atomic E-state index is 3.46. The summed E-state index contributed by atoms with van der Waals surface area (Å²) in [5.41, 5.74) is 0. The molecule has 0 aliphatic carbocycles. The summed E-state index contributed by atoms with van der Waals surface area (Å²) >= 11 is 0. The molecule has 1 heterocycles. The van der Waals surface area contributed by atoms with Gasteiger partial charge in [-0.25, -0.2) is 0 Å². The lowest BCUT2D eigenvalue weighted by Gasteiger charge is -2.30. The lowest BCUT2D eigenvalue weighted by molar-refractivity contribution is 0.184. The van der Waals surface area contributed by atoms with E-state index < -0.39 is 0 Å². The summed E-state index contributed by atoms with van der Waals surface area (Å²) in [6.45, 7) is 16.5. The van der Waals surface area contributed by atoms with Crippen molar-refractivity contribution in [2.45, 2.75) is 47.1 Å². The summed E-state index contributed by atoms with van der Waals surface area (Å²) in [6, 6.07) is 0.725. The predicted octanol–water partition coefficient (Wildman–Crippen LogP) is 2.60. The van der Waals surface area contributed by atoms with E-state index in [0.717, 1.165) is 36.9 Å². The molecule has 0 radical (unpaired) electrons. The summed E-state index contributed by atoms with van der Waals surface area (Å²) in [6.07, 6.45) is 1.40. The van der Waals surface area contributed by atoms with Crippen molar-refractivity contribution < 1.29 is 0 Å². The van der Waals surface area contributed by atoms with Crippen molar-refractivity contribution >= 4 is 0 Å². The molecule has 1 aliphatic heterocycles. The molecule has 1 aliphatic rings. The minimum Gasteiger partial charge on any atom is -0.317 e. The maximum Gasteiger partial charge on any atom is 0.0105 e. The number of nitrogens with one attached hydrogen (secondary N) is 1. The van der Waals surface area contributed by atoms with Gasteiger partial charge in [0.2, 0.25) is 0 Å². The SMILES string of the molecule is CCNCC(C)C(C)N1CCC(C(C)C)C1. The molecule has 2 heteroatoms. The van der Waals surface area contributed by atoms with Crippen molar-refractivity contribution in [3.8, 4) is 0 Å². The monoisotopic (exact) mass is 226 g/mol. The molecule has 2 nitrogen and oxygen atoms in total. The topological polar surface area (TPSA) is 15.3 Å². The first-order valence-electron chi connectivity index (χ1n) is 7.01. The van der Waals surface area contributed by atoms with Gasteiger partial charge in [-0.1, -0.05) is 27.7 Å². The average Bonchev–Trinajstić information content (AvgIpc) is 2.74. The summed E-state index contributed by atoms with van der Waals surface area (Å²) in [7, 11) is 0. The zero-order chi connectivity index (χ0) is 12.1. The largest absolute Gasteiger partial charge is 0.317 e. The Morgan fingerprint density at radius 3 is 2.44 bits per heavy atom. The fourth-order valence-electron chi connectivity index (χ4n) is 2.63. The minimum atomic E-state index is 0.725. The third kappa shape index (κ3) is 3.74. The Hall–Kier alpha value is -0.0800. The molecule has 16 heavy (non-hydrogen) atoms. The van der Waals surface area contributed by atoms with Crippen LogP contribution in [0.25, 0.3) is 0 Å². The van der Waals surface area contributed by atoms with E-state index >= 15 is 0 Å². The van der Waals surface area contributed by atoms with Crippen LogP contribution in [0, 0.1) is 17.8 Å². The second-order valence-electron chi connectivity index (χ2n) is 5.81. The number of rotatable bonds is 6. The van der Waals surface area contributed by atoms with Crippen LogP contribution >= 0.6 is 0 Å². The van der Waals surface area contributed by atoms with E-state index in [1.54, 1.807) is 0 Å². The van der Waals surface area contributed by atoms with Gasteiger partial charge < -0.3 is 10.2 Å². The van der Waals surface area contributed by atoms with E-state index in [9.17, 15) is 0 Å². The lowest BCUT2D eigenvalue weighted by Crippen LogP contribution is -2.40. The molecule has 0 bridgehead atoms. The van der Waals surface area contributed by atoms with Crippen LogP contribution in [0.1, 0.15) is 41.0 Å². The average molecular weight is 226 g/mol. The van der Waals surface area contributed by atoms with Gasteiger partial charge >= 0.3 is 0 Å². The van der Waals surface area contributed by atoms with E-state index in [2.05, 4.69) is 44.8 Å². The van der Waals surface area contributed by atoms with E-state index in [4.69, 9.17) is 0 Å². The quantitative estimate of drug-likeness (QED) is 0.749. The second kappa shape index (κ2) is 6.61. The van der Waals surface area contributed by atoms with E-state index in [1.807, 2.05) is 0 Å². The van der Waals surface area contributed by atoms with Crippen LogP contribution in [0.15, 0.2) is 0 Å². The van der Waals surface area contributed by atoms with E-state index in [0.29, 0.717) is 0 Å². The van der Waals surface area contributed by atoms with Gasteiger partial charge in [-0.2, -0.15) is 0 Å². The van der Waals surface area contributed by atoms with E-state index in [1.165, 1.54) is 19.5 Å². The molecule has 3 atom stereocenters. The first-order chi connectivity index (χ1) is 7.56. The smallest absolute Gasteiger partial charge is 0.0105 e. The van der Waals surface area contributed by atoms with Gasteiger partial charge in [-0.15, -0.1) is 0 Å². The van der Waals surface area contributed by atoms with Gasteiger partial charge in [0.1, 0.15) is 0 Å². The van der Waals surface area contributed by atoms with Crippen LogP contribution in [0.3, 0.4) is 0 Å². The van der Waals surface area contributed by atoms with Crippen LogP contribution in [0.4, 0.5) is 0 Å². The molecule has 0 amide bonds. The van der Waals surface area contributed by atoms with Crippen LogP contribution in [-0.4, -0.2) is 37.1 Å². The second-order valence-corrected chi connectivity index (χ2v) is 5.81. The number of hydrogen-bond acceptors (Lipinski definition) is 2. The number of likely N-dealkylation sites (tertiary alicyclic amines) is 1. The van der Waals surface area contributed by atoms with Crippen molar-refractivity contribution in [2.75, 3.05) is 26.2 Å². The number of nitrogens with zero attached hydrogens (tertiary/aromatic N) is 1. The lowest BCUT2D eigenvalue weighted by atomic mass is 9.95. The van der Waals surface area contributed by atoms with E-state index in [-0.39, 0.29) is 0 Å². The van der Waals surface area contributed by atoms with Gasteiger partial charge in [0, 0.05) is 12.6 Å². The Morgan fingerprint density at radius 1 is 1.25 bits per heavy atom. The first kappa shape index (κ1) is 14.0. The summed E-state index contributed by atoms with van der Waals surface area (Å²) in [5.74, 6) is 2.53.